The Balaban J connectivity index is 2.01. The van der Waals surface area contributed by atoms with E-state index in [1.54, 1.807) is 12.1 Å². The van der Waals surface area contributed by atoms with Gasteiger partial charge in [-0.15, -0.1) is 0 Å². The second-order valence-electron chi connectivity index (χ2n) is 5.51. The minimum Gasteiger partial charge on any atom is -0.326 e. The Labute approximate surface area is 153 Å². The molecular formula is C18H16ClF3N2O2. The summed E-state index contributed by atoms with van der Waals surface area (Å²) in [6.07, 6.45) is -4.45. The SMILES string of the molecule is CCc1ccc(NC(=O)CC(=O)Nc2ccc(Cl)cc2C(F)(F)F)cc1. The number of carbonyl (C=O) groups excluding carboxylic acids is 2. The summed E-state index contributed by atoms with van der Waals surface area (Å²) in [5, 5.41) is 4.51. The van der Waals surface area contributed by atoms with Gasteiger partial charge in [-0.3, -0.25) is 9.59 Å². The summed E-state index contributed by atoms with van der Waals surface area (Å²) in [4.78, 5) is 23.8. The molecule has 0 saturated heterocycles. The van der Waals surface area contributed by atoms with Gasteiger partial charge in [-0.1, -0.05) is 30.7 Å². The summed E-state index contributed by atoms with van der Waals surface area (Å²) in [5.74, 6) is -1.49. The maximum atomic E-state index is 13.0. The minimum absolute atomic E-state index is 0.108. The first-order chi connectivity index (χ1) is 12.2. The Bertz CT molecular complexity index is 805. The number of alkyl halides is 3. The molecule has 0 aliphatic rings. The Hall–Kier alpha value is -2.54. The molecule has 0 saturated carbocycles. The lowest BCUT2D eigenvalue weighted by Crippen LogP contribution is -2.23. The topological polar surface area (TPSA) is 58.2 Å². The highest BCUT2D eigenvalue weighted by Gasteiger charge is 2.34. The average molecular weight is 385 g/mol. The van der Waals surface area contributed by atoms with Gasteiger partial charge in [0.15, 0.2) is 0 Å². The van der Waals surface area contributed by atoms with Crippen LogP contribution in [0.4, 0.5) is 24.5 Å². The van der Waals surface area contributed by atoms with Crippen molar-refractivity contribution in [2.24, 2.45) is 0 Å². The quantitative estimate of drug-likeness (QED) is 0.721. The summed E-state index contributed by atoms with van der Waals surface area (Å²) < 4.78 is 39.0. The van der Waals surface area contributed by atoms with E-state index in [2.05, 4.69) is 10.6 Å². The van der Waals surface area contributed by atoms with Crippen molar-refractivity contribution >= 4 is 34.8 Å². The zero-order chi connectivity index (χ0) is 19.3. The highest BCUT2D eigenvalue weighted by Crippen LogP contribution is 2.36. The first-order valence-electron chi connectivity index (χ1n) is 7.74. The number of benzene rings is 2. The monoisotopic (exact) mass is 384 g/mol. The average Bonchev–Trinajstić information content (AvgIpc) is 2.56. The number of nitrogens with one attached hydrogen (secondary N) is 2. The fraction of sp³-hybridized carbons (Fsp3) is 0.222. The van der Waals surface area contributed by atoms with Crippen molar-refractivity contribution in [3.63, 3.8) is 0 Å². The van der Waals surface area contributed by atoms with E-state index < -0.39 is 35.7 Å². The van der Waals surface area contributed by atoms with Crippen LogP contribution in [0, 0.1) is 0 Å². The third kappa shape index (κ3) is 5.49. The Kier molecular flexibility index (Phi) is 6.26. The highest BCUT2D eigenvalue weighted by atomic mass is 35.5. The van der Waals surface area contributed by atoms with Crippen LogP contribution in [0.25, 0.3) is 0 Å². The third-order valence-electron chi connectivity index (χ3n) is 3.53. The van der Waals surface area contributed by atoms with Crippen LogP contribution >= 0.6 is 11.6 Å². The van der Waals surface area contributed by atoms with Gasteiger partial charge < -0.3 is 10.6 Å². The standard InChI is InChI=1S/C18H16ClF3N2O2/c1-2-11-3-6-13(7-4-11)23-16(25)10-17(26)24-15-8-5-12(19)9-14(15)18(20,21)22/h3-9H,2,10H2,1H3,(H,23,25)(H,24,26). The van der Waals surface area contributed by atoms with Gasteiger partial charge in [0.2, 0.25) is 11.8 Å². The highest BCUT2D eigenvalue weighted by molar-refractivity contribution is 6.30. The van der Waals surface area contributed by atoms with Crippen molar-refractivity contribution < 1.29 is 22.8 Å². The number of amides is 2. The molecule has 2 N–H and O–H groups in total. The molecule has 0 spiro atoms. The van der Waals surface area contributed by atoms with E-state index in [1.807, 2.05) is 19.1 Å². The maximum absolute atomic E-state index is 13.0. The lowest BCUT2D eigenvalue weighted by molar-refractivity contribution is -0.137. The van der Waals surface area contributed by atoms with E-state index in [1.165, 1.54) is 6.07 Å². The predicted molar refractivity (Wildman–Crippen MR) is 94.2 cm³/mol. The van der Waals surface area contributed by atoms with Crippen LogP contribution < -0.4 is 10.6 Å². The van der Waals surface area contributed by atoms with Gasteiger partial charge in [-0.25, -0.2) is 0 Å². The molecule has 2 aromatic carbocycles. The van der Waals surface area contributed by atoms with Crippen LogP contribution in [0.2, 0.25) is 5.02 Å². The Morgan fingerprint density at radius 3 is 2.19 bits per heavy atom. The van der Waals surface area contributed by atoms with Gasteiger partial charge in [-0.05, 0) is 42.3 Å². The molecule has 26 heavy (non-hydrogen) atoms. The van der Waals surface area contributed by atoms with Crippen molar-refractivity contribution in [2.75, 3.05) is 10.6 Å². The molecule has 0 aliphatic heterocycles. The third-order valence-corrected chi connectivity index (χ3v) is 3.76. The van der Waals surface area contributed by atoms with Gasteiger partial charge in [0.05, 0.1) is 11.3 Å². The molecule has 0 radical (unpaired) electrons. The second kappa shape index (κ2) is 8.23. The molecule has 0 aliphatic carbocycles. The molecular weight excluding hydrogens is 369 g/mol. The van der Waals surface area contributed by atoms with Crippen molar-refractivity contribution in [1.29, 1.82) is 0 Å². The van der Waals surface area contributed by atoms with Gasteiger partial charge in [0.25, 0.3) is 0 Å². The van der Waals surface area contributed by atoms with Crippen molar-refractivity contribution in [3.05, 3.63) is 58.6 Å². The number of aryl methyl sites for hydroxylation is 1. The van der Waals surface area contributed by atoms with Crippen LogP contribution in [-0.4, -0.2) is 11.8 Å². The zero-order valence-electron chi connectivity index (χ0n) is 13.8. The molecule has 138 valence electrons. The first-order valence-corrected chi connectivity index (χ1v) is 8.12. The lowest BCUT2D eigenvalue weighted by Gasteiger charge is -2.14. The first kappa shape index (κ1) is 19.8. The number of hydrogen-bond acceptors (Lipinski definition) is 2. The van der Waals surface area contributed by atoms with E-state index in [4.69, 9.17) is 11.6 Å². The van der Waals surface area contributed by atoms with E-state index >= 15 is 0 Å². The Morgan fingerprint density at radius 1 is 1.00 bits per heavy atom. The zero-order valence-corrected chi connectivity index (χ0v) is 14.5. The summed E-state index contributed by atoms with van der Waals surface area (Å²) in [7, 11) is 0. The maximum Gasteiger partial charge on any atom is 0.418 e. The summed E-state index contributed by atoms with van der Waals surface area (Å²) in [5.41, 5.74) is 0.0616. The minimum atomic E-state index is -4.68. The molecule has 0 aromatic heterocycles. The van der Waals surface area contributed by atoms with Crippen molar-refractivity contribution in [2.45, 2.75) is 25.9 Å². The summed E-state index contributed by atoms with van der Waals surface area (Å²) in [6, 6.07) is 10.0. The van der Waals surface area contributed by atoms with Crippen molar-refractivity contribution in [3.8, 4) is 0 Å². The fourth-order valence-electron chi connectivity index (χ4n) is 2.23. The van der Waals surface area contributed by atoms with E-state index in [-0.39, 0.29) is 5.02 Å². The molecule has 0 heterocycles. The van der Waals surface area contributed by atoms with Crippen LogP contribution in [0.1, 0.15) is 24.5 Å². The molecule has 0 fully saturated rings. The molecule has 0 unspecified atom stereocenters. The fourth-order valence-corrected chi connectivity index (χ4v) is 2.40. The van der Waals surface area contributed by atoms with Crippen LogP contribution in [0.3, 0.4) is 0 Å². The Morgan fingerprint density at radius 2 is 1.62 bits per heavy atom. The number of anilines is 2. The van der Waals surface area contributed by atoms with Crippen molar-refractivity contribution in [1.82, 2.24) is 0 Å². The van der Waals surface area contributed by atoms with Crippen LogP contribution in [0.5, 0.6) is 0 Å². The van der Waals surface area contributed by atoms with Gasteiger partial charge in [0, 0.05) is 10.7 Å². The normalized spacial score (nSPS) is 11.1. The predicted octanol–water partition coefficient (Wildman–Crippen LogP) is 4.89. The van der Waals surface area contributed by atoms with Crippen LogP contribution in [0.15, 0.2) is 42.5 Å². The molecule has 4 nitrogen and oxygen atoms in total. The molecule has 2 amide bonds. The molecule has 0 bridgehead atoms. The number of hydrogen-bond donors (Lipinski definition) is 2. The second-order valence-corrected chi connectivity index (χ2v) is 5.95. The lowest BCUT2D eigenvalue weighted by atomic mass is 10.1. The summed E-state index contributed by atoms with van der Waals surface area (Å²) >= 11 is 5.58. The molecule has 2 rings (SSSR count). The molecule has 0 atom stereocenters. The molecule has 8 heteroatoms. The molecule has 2 aromatic rings. The van der Waals surface area contributed by atoms with Gasteiger partial charge in [-0.2, -0.15) is 13.2 Å². The van der Waals surface area contributed by atoms with E-state index in [0.29, 0.717) is 11.8 Å². The van der Waals surface area contributed by atoms with E-state index in [0.717, 1.165) is 18.1 Å². The van der Waals surface area contributed by atoms with Gasteiger partial charge >= 0.3 is 6.18 Å². The largest absolute Gasteiger partial charge is 0.418 e. The smallest absolute Gasteiger partial charge is 0.326 e. The number of rotatable bonds is 5. The van der Waals surface area contributed by atoms with Gasteiger partial charge in [0.1, 0.15) is 6.42 Å². The van der Waals surface area contributed by atoms with Crippen LogP contribution in [-0.2, 0) is 22.2 Å². The number of halogens is 4. The van der Waals surface area contributed by atoms with E-state index in [9.17, 15) is 22.8 Å². The summed E-state index contributed by atoms with van der Waals surface area (Å²) in [6.45, 7) is 1.99. The number of carbonyl (C=O) groups is 2.